The van der Waals surface area contributed by atoms with E-state index >= 15 is 0 Å². The molecule has 3 nitrogen and oxygen atoms in total. The van der Waals surface area contributed by atoms with Crippen molar-refractivity contribution in [2.45, 2.75) is 19.8 Å². The first-order chi connectivity index (χ1) is 25.2. The SMILES string of the molecule is C#Cc1c(/C=C\C)ccnc1-c1ccc(-c2nc(-c3cc4c(c5ccccc35)C=CCC4)cc(-c3cc4ccccc4c4ccccc34)n2)cc1. The van der Waals surface area contributed by atoms with E-state index in [2.05, 4.69) is 138 Å². The first kappa shape index (κ1) is 30.4. The summed E-state index contributed by atoms with van der Waals surface area (Å²) >= 11 is 0. The van der Waals surface area contributed by atoms with E-state index in [1.165, 1.54) is 38.1 Å². The minimum Gasteiger partial charge on any atom is -0.255 e. The van der Waals surface area contributed by atoms with Gasteiger partial charge in [0.15, 0.2) is 5.82 Å². The molecule has 9 rings (SSSR count). The Hall–Kier alpha value is -6.63. The zero-order chi connectivity index (χ0) is 34.3. The Bertz CT molecular complexity index is 2760. The lowest BCUT2D eigenvalue weighted by Crippen LogP contribution is -2.00. The van der Waals surface area contributed by atoms with Crippen LogP contribution in [-0.4, -0.2) is 15.0 Å². The summed E-state index contributed by atoms with van der Waals surface area (Å²) in [6, 6.07) is 43.0. The van der Waals surface area contributed by atoms with Crippen LogP contribution >= 0.6 is 0 Å². The van der Waals surface area contributed by atoms with Crippen molar-refractivity contribution in [1.82, 2.24) is 15.0 Å². The molecule has 51 heavy (non-hydrogen) atoms. The van der Waals surface area contributed by atoms with Crippen LogP contribution in [0.3, 0.4) is 0 Å². The molecule has 0 N–H and O–H groups in total. The second-order valence-electron chi connectivity index (χ2n) is 13.0. The second-order valence-corrected chi connectivity index (χ2v) is 13.0. The number of nitrogens with zero attached hydrogens (tertiary/aromatic N) is 3. The van der Waals surface area contributed by atoms with Gasteiger partial charge in [0.1, 0.15) is 0 Å². The summed E-state index contributed by atoms with van der Waals surface area (Å²) in [6.07, 6.45) is 18.4. The molecule has 0 bridgehead atoms. The van der Waals surface area contributed by atoms with Crippen molar-refractivity contribution in [3.63, 3.8) is 0 Å². The van der Waals surface area contributed by atoms with E-state index in [0.717, 1.165) is 68.7 Å². The van der Waals surface area contributed by atoms with Gasteiger partial charge in [0, 0.05) is 28.5 Å². The fraction of sp³-hybridized carbons (Fsp3) is 0.0625. The summed E-state index contributed by atoms with van der Waals surface area (Å²) in [5.41, 5.74) is 11.1. The van der Waals surface area contributed by atoms with Gasteiger partial charge in [-0.1, -0.05) is 127 Å². The van der Waals surface area contributed by atoms with E-state index in [4.69, 9.17) is 16.4 Å². The Morgan fingerprint density at radius 1 is 0.667 bits per heavy atom. The molecule has 1 aliphatic carbocycles. The third-order valence-corrected chi connectivity index (χ3v) is 9.97. The van der Waals surface area contributed by atoms with E-state index in [9.17, 15) is 0 Å². The van der Waals surface area contributed by atoms with Crippen LogP contribution in [0.1, 0.15) is 35.6 Å². The third kappa shape index (κ3) is 5.30. The van der Waals surface area contributed by atoms with Gasteiger partial charge in [0.2, 0.25) is 0 Å². The minimum absolute atomic E-state index is 0.667. The summed E-state index contributed by atoms with van der Waals surface area (Å²) in [5, 5.41) is 7.22. The average molecular weight is 652 g/mol. The van der Waals surface area contributed by atoms with E-state index in [1.54, 1.807) is 0 Å². The number of rotatable bonds is 5. The number of pyridine rings is 1. The molecule has 2 heterocycles. The van der Waals surface area contributed by atoms with E-state index in [-0.39, 0.29) is 0 Å². The Labute approximate surface area is 297 Å². The first-order valence-electron chi connectivity index (χ1n) is 17.4. The van der Waals surface area contributed by atoms with E-state index in [0.29, 0.717) is 5.82 Å². The van der Waals surface area contributed by atoms with Gasteiger partial charge in [0.25, 0.3) is 0 Å². The first-order valence-corrected chi connectivity index (χ1v) is 17.4. The highest BCUT2D eigenvalue weighted by molar-refractivity contribution is 6.13. The summed E-state index contributed by atoms with van der Waals surface area (Å²) in [4.78, 5) is 15.3. The number of benzene rings is 6. The van der Waals surface area contributed by atoms with Crippen molar-refractivity contribution >= 4 is 44.5 Å². The molecule has 3 heteroatoms. The monoisotopic (exact) mass is 651 g/mol. The van der Waals surface area contributed by atoms with Crippen LogP contribution in [0.5, 0.6) is 0 Å². The molecule has 0 amide bonds. The predicted molar refractivity (Wildman–Crippen MR) is 214 cm³/mol. The van der Waals surface area contributed by atoms with Crippen molar-refractivity contribution in [2.24, 2.45) is 0 Å². The zero-order valence-electron chi connectivity index (χ0n) is 28.3. The highest BCUT2D eigenvalue weighted by Crippen LogP contribution is 2.40. The molecular weight excluding hydrogens is 619 g/mol. The molecule has 6 aromatic carbocycles. The van der Waals surface area contributed by atoms with Gasteiger partial charge in [-0.05, 0) is 93.0 Å². The molecule has 0 unspecified atom stereocenters. The summed E-state index contributed by atoms with van der Waals surface area (Å²) in [6.45, 7) is 1.99. The van der Waals surface area contributed by atoms with Crippen LogP contribution in [0.15, 0.2) is 140 Å². The molecule has 1 aliphatic rings. The van der Waals surface area contributed by atoms with Gasteiger partial charge in [-0.3, -0.25) is 4.98 Å². The molecule has 0 saturated heterocycles. The number of aromatic nitrogens is 3. The molecule has 240 valence electrons. The molecule has 0 fully saturated rings. The van der Waals surface area contributed by atoms with Gasteiger partial charge in [-0.2, -0.15) is 0 Å². The predicted octanol–water partition coefficient (Wildman–Crippen LogP) is 12.0. The van der Waals surface area contributed by atoms with E-state index in [1.807, 2.05) is 31.3 Å². The summed E-state index contributed by atoms with van der Waals surface area (Å²) < 4.78 is 0. The Morgan fingerprint density at radius 2 is 1.31 bits per heavy atom. The maximum atomic E-state index is 5.99. The van der Waals surface area contributed by atoms with Crippen LogP contribution < -0.4 is 0 Å². The molecule has 0 saturated carbocycles. The van der Waals surface area contributed by atoms with Crippen LogP contribution in [0.2, 0.25) is 0 Å². The van der Waals surface area contributed by atoms with E-state index < -0.39 is 0 Å². The fourth-order valence-electron chi connectivity index (χ4n) is 7.57. The van der Waals surface area contributed by atoms with Crippen molar-refractivity contribution in [2.75, 3.05) is 0 Å². The Balaban J connectivity index is 1.28. The molecule has 0 spiro atoms. The fourth-order valence-corrected chi connectivity index (χ4v) is 7.57. The molecular formula is C48H33N3. The lowest BCUT2D eigenvalue weighted by molar-refractivity contribution is 0.990. The standard InChI is InChI=1S/C48H33N3/c1-3-13-31-26-27-49-47(36(31)4-2)32-22-24-33(25-23-32)48-50-45(43-28-34-14-5-7-16-37(34)39-18-9-11-20-41(39)43)30-46(51-48)44-29-35-15-6-8-17-38(35)40-19-10-12-21-42(40)44/h2-3,5,7-14,16-30H,6,15H2,1H3/b13-3-. The molecule has 8 aromatic rings. The number of fused-ring (bicyclic) bond motifs is 6. The van der Waals surface area contributed by atoms with Crippen LogP contribution in [0.4, 0.5) is 0 Å². The number of hydrogen-bond acceptors (Lipinski definition) is 3. The van der Waals surface area contributed by atoms with Gasteiger partial charge >= 0.3 is 0 Å². The van der Waals surface area contributed by atoms with Crippen LogP contribution in [0.25, 0.3) is 89.6 Å². The third-order valence-electron chi connectivity index (χ3n) is 9.97. The maximum absolute atomic E-state index is 5.99. The molecule has 0 atom stereocenters. The van der Waals surface area contributed by atoms with Crippen molar-refractivity contribution in [1.29, 1.82) is 0 Å². The lowest BCUT2D eigenvalue weighted by Gasteiger charge is -2.18. The Morgan fingerprint density at radius 3 is 2.06 bits per heavy atom. The number of allylic oxidation sites excluding steroid dienone is 2. The lowest BCUT2D eigenvalue weighted by atomic mass is 9.88. The topological polar surface area (TPSA) is 38.7 Å². The second kappa shape index (κ2) is 12.7. The van der Waals surface area contributed by atoms with Crippen LogP contribution in [0, 0.1) is 12.3 Å². The van der Waals surface area contributed by atoms with Crippen LogP contribution in [-0.2, 0) is 6.42 Å². The smallest absolute Gasteiger partial charge is 0.160 e. The molecule has 2 aromatic heterocycles. The summed E-state index contributed by atoms with van der Waals surface area (Å²) in [5.74, 6) is 3.53. The highest BCUT2D eigenvalue weighted by Gasteiger charge is 2.19. The quantitative estimate of drug-likeness (QED) is 0.137. The number of aryl methyl sites for hydroxylation is 1. The van der Waals surface area contributed by atoms with Gasteiger partial charge in [0.05, 0.1) is 22.6 Å². The average Bonchev–Trinajstić information content (AvgIpc) is 3.20. The maximum Gasteiger partial charge on any atom is 0.160 e. The van der Waals surface area contributed by atoms with Crippen molar-refractivity contribution in [3.05, 3.63) is 162 Å². The number of terminal acetylenes is 1. The molecule has 0 radical (unpaired) electrons. The normalized spacial score (nSPS) is 12.5. The Kier molecular flexibility index (Phi) is 7.56. The molecule has 0 aliphatic heterocycles. The highest BCUT2D eigenvalue weighted by atomic mass is 14.9. The van der Waals surface area contributed by atoms with Crippen molar-refractivity contribution < 1.29 is 0 Å². The van der Waals surface area contributed by atoms with Gasteiger partial charge in [-0.25, -0.2) is 9.97 Å². The van der Waals surface area contributed by atoms with Crippen molar-refractivity contribution in [3.8, 4) is 57.5 Å². The number of hydrogen-bond donors (Lipinski definition) is 0. The van der Waals surface area contributed by atoms with Gasteiger partial charge in [-0.15, -0.1) is 6.42 Å². The summed E-state index contributed by atoms with van der Waals surface area (Å²) in [7, 11) is 0. The zero-order valence-corrected chi connectivity index (χ0v) is 28.3. The van der Waals surface area contributed by atoms with Gasteiger partial charge < -0.3 is 0 Å². The minimum atomic E-state index is 0.667. The largest absolute Gasteiger partial charge is 0.255 e.